The minimum atomic E-state index is -0.0353. The molecule has 3 aromatic rings. The number of methoxy groups -OCH3 is 1. The number of benzene rings is 2. The molecule has 0 radical (unpaired) electrons. The molecule has 1 aromatic heterocycles. The van der Waals surface area contributed by atoms with Gasteiger partial charge in [-0.2, -0.15) is 4.98 Å². The Morgan fingerprint density at radius 2 is 1.90 bits per heavy atom. The van der Waals surface area contributed by atoms with Crippen LogP contribution in [0.3, 0.4) is 0 Å². The van der Waals surface area contributed by atoms with E-state index in [9.17, 15) is 4.79 Å². The standard InChI is InChI=1S/C23H25N3O5/c1-15(2)13-26(23(27)16-4-7-18(28-3)8-5-16)11-10-21-24-22(25-31-21)17-6-9-19-20(12-17)30-14-29-19/h4-9,12,15H,10-11,13-14H2,1-3H3. The largest absolute Gasteiger partial charge is 0.497 e. The Balaban J connectivity index is 1.44. The first-order chi connectivity index (χ1) is 15.0. The van der Waals surface area contributed by atoms with Crippen LogP contribution in [-0.2, 0) is 6.42 Å². The van der Waals surface area contributed by atoms with Gasteiger partial charge in [0, 0.05) is 30.6 Å². The van der Waals surface area contributed by atoms with Gasteiger partial charge < -0.3 is 23.6 Å². The van der Waals surface area contributed by atoms with E-state index in [1.807, 2.05) is 23.1 Å². The maximum absolute atomic E-state index is 13.0. The zero-order chi connectivity index (χ0) is 21.8. The number of hydrogen-bond donors (Lipinski definition) is 0. The van der Waals surface area contributed by atoms with Gasteiger partial charge in [-0.3, -0.25) is 4.79 Å². The van der Waals surface area contributed by atoms with Gasteiger partial charge in [0.25, 0.3) is 5.91 Å². The number of hydrogen-bond acceptors (Lipinski definition) is 7. The van der Waals surface area contributed by atoms with Crippen molar-refractivity contribution < 1.29 is 23.5 Å². The lowest BCUT2D eigenvalue weighted by molar-refractivity contribution is 0.0734. The molecule has 8 heteroatoms. The molecular weight excluding hydrogens is 398 g/mol. The van der Waals surface area contributed by atoms with E-state index in [0.29, 0.717) is 60.0 Å². The molecule has 1 aliphatic heterocycles. The summed E-state index contributed by atoms with van der Waals surface area (Å²) in [6.07, 6.45) is 0.464. The summed E-state index contributed by atoms with van der Waals surface area (Å²) in [7, 11) is 1.60. The maximum atomic E-state index is 13.0. The first-order valence-electron chi connectivity index (χ1n) is 10.2. The summed E-state index contributed by atoms with van der Waals surface area (Å²) < 4.78 is 21.3. The van der Waals surface area contributed by atoms with Crippen LogP contribution in [0.15, 0.2) is 47.0 Å². The Kier molecular flexibility index (Phi) is 6.06. The van der Waals surface area contributed by atoms with Crippen molar-refractivity contribution in [2.45, 2.75) is 20.3 Å². The van der Waals surface area contributed by atoms with Gasteiger partial charge in [0.15, 0.2) is 11.5 Å². The van der Waals surface area contributed by atoms with Crippen molar-refractivity contribution in [3.8, 4) is 28.6 Å². The van der Waals surface area contributed by atoms with Crippen LogP contribution in [0.2, 0.25) is 0 Å². The Morgan fingerprint density at radius 1 is 1.13 bits per heavy atom. The second kappa shape index (κ2) is 9.07. The number of amides is 1. The van der Waals surface area contributed by atoms with Gasteiger partial charge in [0.1, 0.15) is 5.75 Å². The summed E-state index contributed by atoms with van der Waals surface area (Å²) in [5, 5.41) is 4.07. The lowest BCUT2D eigenvalue weighted by Gasteiger charge is -2.24. The Labute approximate surface area is 180 Å². The Bertz CT molecular complexity index is 1050. The number of carbonyl (C=O) groups is 1. The summed E-state index contributed by atoms with van der Waals surface area (Å²) in [6, 6.07) is 12.6. The maximum Gasteiger partial charge on any atom is 0.253 e. The van der Waals surface area contributed by atoms with Gasteiger partial charge >= 0.3 is 0 Å². The molecule has 0 saturated heterocycles. The molecule has 0 unspecified atom stereocenters. The van der Waals surface area contributed by atoms with Gasteiger partial charge in [0.05, 0.1) is 7.11 Å². The van der Waals surface area contributed by atoms with Crippen molar-refractivity contribution >= 4 is 5.91 Å². The molecule has 162 valence electrons. The molecule has 0 saturated carbocycles. The van der Waals surface area contributed by atoms with Crippen molar-refractivity contribution in [3.05, 3.63) is 53.9 Å². The third kappa shape index (κ3) is 4.79. The number of carbonyl (C=O) groups excluding carboxylic acids is 1. The number of fused-ring (bicyclic) bond motifs is 1. The molecule has 4 rings (SSSR count). The van der Waals surface area contributed by atoms with Crippen LogP contribution in [0, 0.1) is 5.92 Å². The smallest absolute Gasteiger partial charge is 0.253 e. The van der Waals surface area contributed by atoms with Crippen molar-refractivity contribution in [1.29, 1.82) is 0 Å². The summed E-state index contributed by atoms with van der Waals surface area (Å²) in [4.78, 5) is 19.3. The summed E-state index contributed by atoms with van der Waals surface area (Å²) >= 11 is 0. The van der Waals surface area contributed by atoms with Crippen LogP contribution in [0.1, 0.15) is 30.1 Å². The van der Waals surface area contributed by atoms with E-state index in [1.165, 1.54) is 0 Å². The molecule has 2 aromatic carbocycles. The Hall–Kier alpha value is -3.55. The van der Waals surface area contributed by atoms with E-state index in [0.717, 1.165) is 5.56 Å². The highest BCUT2D eigenvalue weighted by Gasteiger charge is 2.20. The van der Waals surface area contributed by atoms with E-state index in [1.54, 1.807) is 31.4 Å². The SMILES string of the molecule is COc1ccc(C(=O)N(CCc2nc(-c3ccc4c(c3)OCO4)no2)CC(C)C)cc1. The Morgan fingerprint density at radius 3 is 2.65 bits per heavy atom. The second-order valence-electron chi connectivity index (χ2n) is 7.70. The van der Waals surface area contributed by atoms with Crippen LogP contribution in [0.25, 0.3) is 11.4 Å². The number of ether oxygens (including phenoxy) is 3. The fraction of sp³-hybridized carbons (Fsp3) is 0.348. The fourth-order valence-corrected chi connectivity index (χ4v) is 3.37. The van der Waals surface area contributed by atoms with Crippen molar-refractivity contribution in [2.24, 2.45) is 5.92 Å². The van der Waals surface area contributed by atoms with Crippen molar-refractivity contribution in [1.82, 2.24) is 15.0 Å². The first-order valence-corrected chi connectivity index (χ1v) is 10.2. The highest BCUT2D eigenvalue weighted by atomic mass is 16.7. The number of rotatable bonds is 8. The monoisotopic (exact) mass is 423 g/mol. The van der Waals surface area contributed by atoms with Gasteiger partial charge in [-0.1, -0.05) is 19.0 Å². The highest BCUT2D eigenvalue weighted by molar-refractivity contribution is 5.94. The molecule has 0 aliphatic carbocycles. The van der Waals surface area contributed by atoms with Gasteiger partial charge in [-0.05, 0) is 48.4 Å². The van der Waals surface area contributed by atoms with E-state index in [-0.39, 0.29) is 12.7 Å². The number of nitrogens with zero attached hydrogens (tertiary/aromatic N) is 3. The average Bonchev–Trinajstić information content (AvgIpc) is 3.45. The highest BCUT2D eigenvalue weighted by Crippen LogP contribution is 2.35. The van der Waals surface area contributed by atoms with Gasteiger partial charge in [-0.25, -0.2) is 0 Å². The second-order valence-corrected chi connectivity index (χ2v) is 7.70. The molecule has 2 heterocycles. The summed E-state index contributed by atoms with van der Waals surface area (Å²) in [5.41, 5.74) is 1.40. The normalized spacial score (nSPS) is 12.3. The zero-order valence-corrected chi connectivity index (χ0v) is 17.8. The predicted molar refractivity (Wildman–Crippen MR) is 113 cm³/mol. The van der Waals surface area contributed by atoms with Crippen molar-refractivity contribution in [2.75, 3.05) is 27.0 Å². The van der Waals surface area contributed by atoms with Crippen LogP contribution >= 0.6 is 0 Å². The summed E-state index contributed by atoms with van der Waals surface area (Å²) in [6.45, 7) is 5.49. The topological polar surface area (TPSA) is 86.9 Å². The van der Waals surface area contributed by atoms with Crippen LogP contribution < -0.4 is 14.2 Å². The van der Waals surface area contributed by atoms with E-state index >= 15 is 0 Å². The number of aromatic nitrogens is 2. The third-order valence-corrected chi connectivity index (χ3v) is 4.90. The van der Waals surface area contributed by atoms with E-state index < -0.39 is 0 Å². The van der Waals surface area contributed by atoms with E-state index in [2.05, 4.69) is 24.0 Å². The fourth-order valence-electron chi connectivity index (χ4n) is 3.37. The van der Waals surface area contributed by atoms with Crippen LogP contribution in [0.5, 0.6) is 17.2 Å². The molecule has 1 amide bonds. The molecule has 0 N–H and O–H groups in total. The molecule has 0 bridgehead atoms. The zero-order valence-electron chi connectivity index (χ0n) is 17.8. The lowest BCUT2D eigenvalue weighted by Crippen LogP contribution is -2.36. The molecule has 31 heavy (non-hydrogen) atoms. The van der Waals surface area contributed by atoms with Crippen LogP contribution in [-0.4, -0.2) is 47.9 Å². The quantitative estimate of drug-likeness (QED) is 0.544. The molecule has 8 nitrogen and oxygen atoms in total. The average molecular weight is 423 g/mol. The lowest BCUT2D eigenvalue weighted by atomic mass is 10.1. The molecule has 0 atom stereocenters. The molecule has 0 spiro atoms. The van der Waals surface area contributed by atoms with Crippen LogP contribution in [0.4, 0.5) is 0 Å². The first kappa shape index (κ1) is 20.7. The van der Waals surface area contributed by atoms with Gasteiger partial charge in [0.2, 0.25) is 18.5 Å². The molecular formula is C23H25N3O5. The van der Waals surface area contributed by atoms with Crippen molar-refractivity contribution in [3.63, 3.8) is 0 Å². The summed E-state index contributed by atoms with van der Waals surface area (Å²) in [5.74, 6) is 3.33. The van der Waals surface area contributed by atoms with Gasteiger partial charge in [-0.15, -0.1) is 0 Å². The molecule has 1 aliphatic rings. The molecule has 0 fully saturated rings. The van der Waals surface area contributed by atoms with E-state index in [4.69, 9.17) is 18.7 Å². The third-order valence-electron chi connectivity index (χ3n) is 4.90. The minimum absolute atomic E-state index is 0.0353. The predicted octanol–water partition coefficient (Wildman–Crippen LogP) is 3.81. The minimum Gasteiger partial charge on any atom is -0.497 e.